The van der Waals surface area contributed by atoms with E-state index in [2.05, 4.69) is 21.2 Å². The standard InChI is InChI=1S/C19H18BrNO4/c1-25-17-5-3-2-4-14(17)8-10-18(22)21-16-12-13(6-9-15(16)20)7-11-19(23)24/h2-7,9,11-12H,8,10H2,1H3,(H,21,22)(H,23,24)/b11-7+. The van der Waals surface area contributed by atoms with E-state index in [0.717, 1.165) is 21.9 Å². The van der Waals surface area contributed by atoms with Gasteiger partial charge in [0.25, 0.3) is 0 Å². The molecule has 5 nitrogen and oxygen atoms in total. The maximum Gasteiger partial charge on any atom is 0.328 e. The van der Waals surface area contributed by atoms with Crippen LogP contribution in [0.4, 0.5) is 5.69 Å². The normalized spacial score (nSPS) is 10.6. The summed E-state index contributed by atoms with van der Waals surface area (Å²) in [4.78, 5) is 22.8. The van der Waals surface area contributed by atoms with Crippen molar-refractivity contribution >= 4 is 39.6 Å². The van der Waals surface area contributed by atoms with E-state index in [-0.39, 0.29) is 5.91 Å². The quantitative estimate of drug-likeness (QED) is 0.681. The van der Waals surface area contributed by atoms with Crippen LogP contribution in [0.1, 0.15) is 17.5 Å². The maximum atomic E-state index is 12.2. The van der Waals surface area contributed by atoms with E-state index in [9.17, 15) is 9.59 Å². The van der Waals surface area contributed by atoms with Crippen LogP contribution in [-0.4, -0.2) is 24.1 Å². The Hall–Kier alpha value is -2.60. The Morgan fingerprint density at radius 1 is 1.24 bits per heavy atom. The molecule has 6 heteroatoms. The van der Waals surface area contributed by atoms with Crippen LogP contribution in [0.3, 0.4) is 0 Å². The average Bonchev–Trinajstić information content (AvgIpc) is 2.60. The van der Waals surface area contributed by atoms with Crippen LogP contribution in [0.2, 0.25) is 0 Å². The lowest BCUT2D eigenvalue weighted by Gasteiger charge is -2.10. The van der Waals surface area contributed by atoms with Gasteiger partial charge in [-0.05, 0) is 57.8 Å². The van der Waals surface area contributed by atoms with E-state index in [0.29, 0.717) is 24.1 Å². The molecule has 2 aromatic rings. The first-order chi connectivity index (χ1) is 12.0. The summed E-state index contributed by atoms with van der Waals surface area (Å²) < 4.78 is 6.01. The first kappa shape index (κ1) is 18.7. The van der Waals surface area contributed by atoms with Gasteiger partial charge < -0.3 is 15.2 Å². The van der Waals surface area contributed by atoms with Gasteiger partial charge in [0, 0.05) is 17.0 Å². The van der Waals surface area contributed by atoms with E-state index >= 15 is 0 Å². The Kier molecular flexibility index (Phi) is 6.77. The number of methoxy groups -OCH3 is 1. The molecule has 0 saturated heterocycles. The number of halogens is 1. The van der Waals surface area contributed by atoms with Crippen LogP contribution >= 0.6 is 15.9 Å². The minimum absolute atomic E-state index is 0.133. The summed E-state index contributed by atoms with van der Waals surface area (Å²) in [5.41, 5.74) is 2.25. The van der Waals surface area contributed by atoms with Crippen molar-refractivity contribution in [2.24, 2.45) is 0 Å². The third-order valence-electron chi connectivity index (χ3n) is 3.50. The Bertz CT molecular complexity index is 802. The van der Waals surface area contributed by atoms with Gasteiger partial charge in [-0.2, -0.15) is 0 Å². The van der Waals surface area contributed by atoms with E-state index < -0.39 is 5.97 Å². The number of aliphatic carboxylic acids is 1. The summed E-state index contributed by atoms with van der Waals surface area (Å²) >= 11 is 3.38. The number of hydrogen-bond acceptors (Lipinski definition) is 3. The van der Waals surface area contributed by atoms with Crippen LogP contribution in [0, 0.1) is 0 Å². The highest BCUT2D eigenvalue weighted by molar-refractivity contribution is 9.10. The number of aryl methyl sites for hydroxylation is 1. The monoisotopic (exact) mass is 403 g/mol. The number of nitrogens with one attached hydrogen (secondary N) is 1. The lowest BCUT2D eigenvalue weighted by atomic mass is 10.1. The third kappa shape index (κ3) is 5.76. The van der Waals surface area contributed by atoms with Crippen molar-refractivity contribution in [1.82, 2.24) is 0 Å². The minimum atomic E-state index is -1.02. The van der Waals surface area contributed by atoms with Crippen molar-refractivity contribution < 1.29 is 19.4 Å². The highest BCUT2D eigenvalue weighted by atomic mass is 79.9. The molecule has 25 heavy (non-hydrogen) atoms. The summed E-state index contributed by atoms with van der Waals surface area (Å²) in [6.45, 7) is 0. The predicted octanol–water partition coefficient (Wildman–Crippen LogP) is 4.13. The first-order valence-electron chi connectivity index (χ1n) is 7.62. The van der Waals surface area contributed by atoms with Crippen molar-refractivity contribution in [2.75, 3.05) is 12.4 Å². The number of carbonyl (C=O) groups excluding carboxylic acids is 1. The van der Waals surface area contributed by atoms with Gasteiger partial charge in [-0.1, -0.05) is 24.3 Å². The number of carboxylic acids is 1. The summed E-state index contributed by atoms with van der Waals surface area (Å²) in [7, 11) is 1.60. The summed E-state index contributed by atoms with van der Waals surface area (Å²) in [6.07, 6.45) is 3.39. The molecule has 2 rings (SSSR count). The van der Waals surface area contributed by atoms with E-state index in [1.54, 1.807) is 25.3 Å². The Morgan fingerprint density at radius 3 is 2.72 bits per heavy atom. The zero-order valence-electron chi connectivity index (χ0n) is 13.7. The fourth-order valence-corrected chi connectivity index (χ4v) is 2.63. The number of anilines is 1. The fraction of sp³-hybridized carbons (Fsp3) is 0.158. The average molecular weight is 404 g/mol. The zero-order chi connectivity index (χ0) is 18.2. The molecule has 130 valence electrons. The van der Waals surface area contributed by atoms with E-state index in [4.69, 9.17) is 9.84 Å². The molecule has 0 fully saturated rings. The van der Waals surface area contributed by atoms with Crippen molar-refractivity contribution in [3.8, 4) is 5.75 Å². The van der Waals surface area contributed by atoms with Crippen molar-refractivity contribution in [1.29, 1.82) is 0 Å². The molecule has 0 unspecified atom stereocenters. The Morgan fingerprint density at radius 2 is 2.00 bits per heavy atom. The number of carbonyl (C=O) groups is 2. The number of carboxylic acid groups (broad SMARTS) is 1. The second-order valence-electron chi connectivity index (χ2n) is 5.27. The molecule has 1 amide bonds. The summed E-state index contributed by atoms with van der Waals surface area (Å²) in [5, 5.41) is 11.5. The molecular weight excluding hydrogens is 386 g/mol. The van der Waals surface area contributed by atoms with Crippen LogP contribution < -0.4 is 10.1 Å². The number of amides is 1. The Balaban J connectivity index is 2.02. The van der Waals surface area contributed by atoms with Gasteiger partial charge in [0.15, 0.2) is 0 Å². The van der Waals surface area contributed by atoms with Crippen molar-refractivity contribution in [2.45, 2.75) is 12.8 Å². The smallest absolute Gasteiger partial charge is 0.328 e. The summed E-state index contributed by atoms with van der Waals surface area (Å²) in [6, 6.07) is 12.8. The molecule has 0 aliphatic rings. The topological polar surface area (TPSA) is 75.6 Å². The van der Waals surface area contributed by atoms with Crippen LogP contribution in [0.5, 0.6) is 5.75 Å². The highest BCUT2D eigenvalue weighted by Crippen LogP contribution is 2.25. The molecule has 0 aliphatic carbocycles. The molecule has 2 aromatic carbocycles. The Labute approximate surface area is 154 Å². The van der Waals surface area contributed by atoms with Gasteiger partial charge in [0.05, 0.1) is 12.8 Å². The second-order valence-corrected chi connectivity index (χ2v) is 6.13. The minimum Gasteiger partial charge on any atom is -0.496 e. The molecule has 0 aromatic heterocycles. The zero-order valence-corrected chi connectivity index (χ0v) is 15.2. The number of para-hydroxylation sites is 1. The molecule has 0 heterocycles. The first-order valence-corrected chi connectivity index (χ1v) is 8.41. The molecule has 0 spiro atoms. The number of rotatable bonds is 7. The number of ether oxygens (including phenoxy) is 1. The van der Waals surface area contributed by atoms with Crippen LogP contribution in [-0.2, 0) is 16.0 Å². The highest BCUT2D eigenvalue weighted by Gasteiger charge is 2.09. The molecule has 0 radical (unpaired) electrons. The summed E-state index contributed by atoms with van der Waals surface area (Å²) in [5.74, 6) is -0.395. The van der Waals surface area contributed by atoms with Gasteiger partial charge >= 0.3 is 5.97 Å². The number of hydrogen-bond donors (Lipinski definition) is 2. The van der Waals surface area contributed by atoms with Gasteiger partial charge in [0.1, 0.15) is 5.75 Å². The molecule has 0 bridgehead atoms. The third-order valence-corrected chi connectivity index (χ3v) is 4.19. The van der Waals surface area contributed by atoms with E-state index in [1.807, 2.05) is 24.3 Å². The molecule has 2 N–H and O–H groups in total. The van der Waals surface area contributed by atoms with Crippen LogP contribution in [0.15, 0.2) is 53.0 Å². The fourth-order valence-electron chi connectivity index (χ4n) is 2.28. The molecule has 0 atom stereocenters. The van der Waals surface area contributed by atoms with Gasteiger partial charge in [0.2, 0.25) is 5.91 Å². The molecular formula is C19H18BrNO4. The van der Waals surface area contributed by atoms with E-state index in [1.165, 1.54) is 6.08 Å². The molecule has 0 aliphatic heterocycles. The predicted molar refractivity (Wildman–Crippen MR) is 101 cm³/mol. The van der Waals surface area contributed by atoms with Crippen LogP contribution in [0.25, 0.3) is 6.08 Å². The lowest BCUT2D eigenvalue weighted by Crippen LogP contribution is -2.13. The molecule has 0 saturated carbocycles. The van der Waals surface area contributed by atoms with Gasteiger partial charge in [-0.25, -0.2) is 4.79 Å². The van der Waals surface area contributed by atoms with Gasteiger partial charge in [-0.3, -0.25) is 4.79 Å². The lowest BCUT2D eigenvalue weighted by molar-refractivity contribution is -0.131. The second kappa shape index (κ2) is 9.03. The largest absolute Gasteiger partial charge is 0.496 e. The number of benzene rings is 2. The van der Waals surface area contributed by atoms with Gasteiger partial charge in [-0.15, -0.1) is 0 Å². The van der Waals surface area contributed by atoms with Crippen molar-refractivity contribution in [3.63, 3.8) is 0 Å². The SMILES string of the molecule is COc1ccccc1CCC(=O)Nc1cc(/C=C/C(=O)O)ccc1Br. The van der Waals surface area contributed by atoms with Crippen molar-refractivity contribution in [3.05, 3.63) is 64.1 Å². The maximum absolute atomic E-state index is 12.2.